The maximum Gasteiger partial charge on any atom is 0.335 e. The number of carboxylic acid groups (broad SMARTS) is 1. The Balaban J connectivity index is 2.61. The van der Waals surface area contributed by atoms with Gasteiger partial charge < -0.3 is 9.84 Å². The van der Waals surface area contributed by atoms with Crippen molar-refractivity contribution in [2.24, 2.45) is 0 Å². The fraction of sp³-hybridized carbons (Fsp3) is 0.133. The molecule has 0 fully saturated rings. The zero-order valence-electron chi connectivity index (χ0n) is 12.1. The highest BCUT2D eigenvalue weighted by Crippen LogP contribution is 2.36. The predicted octanol–water partition coefficient (Wildman–Crippen LogP) is 4.20. The zero-order valence-corrected chi connectivity index (χ0v) is 14.5. The van der Waals surface area contributed by atoms with Crippen LogP contribution in [0.2, 0.25) is 10.0 Å². The number of sulfone groups is 1. The van der Waals surface area contributed by atoms with Crippen LogP contribution >= 0.6 is 23.2 Å². The first-order valence-electron chi connectivity index (χ1n) is 6.30. The fourth-order valence-electron chi connectivity index (χ4n) is 1.94. The summed E-state index contributed by atoms with van der Waals surface area (Å²) in [5.41, 5.74) is 0.255. The van der Waals surface area contributed by atoms with Gasteiger partial charge in [-0.25, -0.2) is 13.2 Å². The second-order valence-corrected chi connectivity index (χ2v) is 7.70. The van der Waals surface area contributed by atoms with E-state index in [1.165, 1.54) is 18.2 Å². The van der Waals surface area contributed by atoms with Crippen molar-refractivity contribution in [1.29, 1.82) is 0 Å². The number of hydrogen-bond donors (Lipinski definition) is 1. The van der Waals surface area contributed by atoms with Gasteiger partial charge in [0.25, 0.3) is 0 Å². The molecule has 0 bridgehead atoms. The molecule has 8 heteroatoms. The van der Waals surface area contributed by atoms with E-state index in [9.17, 15) is 13.2 Å². The Labute approximate surface area is 143 Å². The molecule has 0 atom stereocenters. The molecule has 0 heterocycles. The molecule has 122 valence electrons. The number of halogens is 2. The van der Waals surface area contributed by atoms with Crippen LogP contribution in [0.1, 0.15) is 15.9 Å². The molecule has 0 amide bonds. The summed E-state index contributed by atoms with van der Waals surface area (Å²) in [5, 5.41) is 9.75. The van der Waals surface area contributed by atoms with E-state index in [4.69, 9.17) is 33.0 Å². The van der Waals surface area contributed by atoms with Crippen molar-refractivity contribution in [3.05, 3.63) is 51.5 Å². The number of carbonyl (C=O) groups is 1. The lowest BCUT2D eigenvalue weighted by molar-refractivity contribution is 0.0696. The summed E-state index contributed by atoms with van der Waals surface area (Å²) in [4.78, 5) is 11.0. The molecule has 0 spiro atoms. The highest BCUT2D eigenvalue weighted by atomic mass is 35.5. The summed E-state index contributed by atoms with van der Waals surface area (Å²) in [7, 11) is -3.70. The van der Waals surface area contributed by atoms with Gasteiger partial charge in [0.1, 0.15) is 16.4 Å². The number of aryl methyl sites for hydroxylation is 1. The van der Waals surface area contributed by atoms with Gasteiger partial charge in [0.2, 0.25) is 0 Å². The van der Waals surface area contributed by atoms with Crippen LogP contribution in [0.15, 0.2) is 35.2 Å². The Kier molecular flexibility index (Phi) is 4.89. The predicted molar refractivity (Wildman–Crippen MR) is 87.8 cm³/mol. The number of benzene rings is 2. The highest BCUT2D eigenvalue weighted by molar-refractivity contribution is 7.90. The van der Waals surface area contributed by atoms with Crippen molar-refractivity contribution in [3.63, 3.8) is 0 Å². The van der Waals surface area contributed by atoms with E-state index in [-0.39, 0.29) is 27.0 Å². The van der Waals surface area contributed by atoms with Crippen LogP contribution in [0.4, 0.5) is 0 Å². The molecule has 0 aliphatic carbocycles. The number of carboxylic acids is 1. The number of aromatic carboxylic acids is 1. The average molecular weight is 375 g/mol. The van der Waals surface area contributed by atoms with E-state index in [0.717, 1.165) is 12.3 Å². The van der Waals surface area contributed by atoms with E-state index >= 15 is 0 Å². The lowest BCUT2D eigenvalue weighted by atomic mass is 10.1. The third-order valence-electron chi connectivity index (χ3n) is 3.03. The molecule has 2 rings (SSSR count). The van der Waals surface area contributed by atoms with Crippen molar-refractivity contribution in [2.75, 3.05) is 6.26 Å². The van der Waals surface area contributed by atoms with Gasteiger partial charge in [0.15, 0.2) is 9.84 Å². The van der Waals surface area contributed by atoms with Gasteiger partial charge in [0, 0.05) is 11.3 Å². The molecule has 23 heavy (non-hydrogen) atoms. The zero-order chi connectivity index (χ0) is 17.4. The van der Waals surface area contributed by atoms with Crippen LogP contribution in [-0.2, 0) is 9.84 Å². The van der Waals surface area contributed by atoms with Crippen LogP contribution in [0.3, 0.4) is 0 Å². The van der Waals surface area contributed by atoms with Crippen LogP contribution in [0, 0.1) is 6.92 Å². The molecule has 0 saturated heterocycles. The van der Waals surface area contributed by atoms with E-state index < -0.39 is 15.8 Å². The summed E-state index contributed by atoms with van der Waals surface area (Å²) in [6.45, 7) is 1.55. The van der Waals surface area contributed by atoms with E-state index in [1.54, 1.807) is 13.0 Å². The van der Waals surface area contributed by atoms with Crippen molar-refractivity contribution < 1.29 is 23.1 Å². The van der Waals surface area contributed by atoms with Crippen LogP contribution in [0.25, 0.3) is 0 Å². The maximum absolute atomic E-state index is 11.9. The first kappa shape index (κ1) is 17.6. The Morgan fingerprint density at radius 3 is 2.30 bits per heavy atom. The molecule has 0 radical (unpaired) electrons. The minimum Gasteiger partial charge on any atom is -0.478 e. The normalized spacial score (nSPS) is 11.3. The molecule has 0 saturated carbocycles. The van der Waals surface area contributed by atoms with Gasteiger partial charge in [-0.1, -0.05) is 23.2 Å². The Hall–Kier alpha value is -1.76. The highest BCUT2D eigenvalue weighted by Gasteiger charge is 2.21. The van der Waals surface area contributed by atoms with E-state index in [2.05, 4.69) is 0 Å². The van der Waals surface area contributed by atoms with Gasteiger partial charge in [-0.05, 0) is 42.8 Å². The average Bonchev–Trinajstić information content (AvgIpc) is 2.40. The van der Waals surface area contributed by atoms with Gasteiger partial charge in [-0.15, -0.1) is 0 Å². The van der Waals surface area contributed by atoms with E-state index in [1.807, 2.05) is 0 Å². The summed E-state index contributed by atoms with van der Waals surface area (Å²) in [6.07, 6.45) is 0.972. The summed E-state index contributed by atoms with van der Waals surface area (Å²) >= 11 is 11.8. The largest absolute Gasteiger partial charge is 0.478 e. The van der Waals surface area contributed by atoms with Crippen LogP contribution in [0.5, 0.6) is 11.5 Å². The lowest BCUT2D eigenvalue weighted by Gasteiger charge is -2.14. The van der Waals surface area contributed by atoms with Crippen LogP contribution < -0.4 is 4.74 Å². The minimum atomic E-state index is -3.70. The maximum atomic E-state index is 11.9. The quantitative estimate of drug-likeness (QED) is 0.867. The number of hydrogen-bond acceptors (Lipinski definition) is 4. The number of ether oxygens (including phenoxy) is 1. The molecule has 2 aromatic carbocycles. The van der Waals surface area contributed by atoms with Crippen molar-refractivity contribution in [3.8, 4) is 11.5 Å². The molecule has 0 unspecified atom stereocenters. The third kappa shape index (κ3) is 3.96. The fourth-order valence-corrected chi connectivity index (χ4v) is 3.18. The smallest absolute Gasteiger partial charge is 0.335 e. The van der Waals surface area contributed by atoms with Gasteiger partial charge in [-0.2, -0.15) is 0 Å². The number of rotatable bonds is 4. The monoisotopic (exact) mass is 374 g/mol. The molecule has 0 aromatic heterocycles. The SMILES string of the molecule is Cc1cc(Oc2ccc(Cl)cc2Cl)c(S(C)(=O)=O)cc1C(=O)O. The summed E-state index contributed by atoms with van der Waals surface area (Å²) in [6, 6.07) is 6.92. The van der Waals surface area contributed by atoms with E-state index in [0.29, 0.717) is 10.6 Å². The summed E-state index contributed by atoms with van der Waals surface area (Å²) < 4.78 is 29.5. The molecule has 1 N–H and O–H groups in total. The van der Waals surface area contributed by atoms with Gasteiger partial charge >= 0.3 is 5.97 Å². The van der Waals surface area contributed by atoms with Crippen molar-refractivity contribution in [2.45, 2.75) is 11.8 Å². The topological polar surface area (TPSA) is 80.7 Å². The van der Waals surface area contributed by atoms with Crippen LogP contribution in [-0.4, -0.2) is 25.7 Å². The standard InChI is InChI=1S/C15H12Cl2O5S/c1-8-5-13(22-12-4-3-9(16)6-11(12)17)14(23(2,20)21)7-10(8)15(18)19/h3-7H,1-2H3,(H,18,19). The molecule has 0 aliphatic rings. The Morgan fingerprint density at radius 2 is 1.78 bits per heavy atom. The molecule has 0 aliphatic heterocycles. The van der Waals surface area contributed by atoms with Crippen molar-refractivity contribution in [1.82, 2.24) is 0 Å². The minimum absolute atomic E-state index is 0.000720. The van der Waals surface area contributed by atoms with Crippen molar-refractivity contribution >= 4 is 39.0 Å². The Bertz CT molecular complexity index is 891. The molecular weight excluding hydrogens is 363 g/mol. The second-order valence-electron chi connectivity index (χ2n) is 4.87. The van der Waals surface area contributed by atoms with Gasteiger partial charge in [0.05, 0.1) is 10.6 Å². The van der Waals surface area contributed by atoms with Gasteiger partial charge in [-0.3, -0.25) is 0 Å². The molecule has 5 nitrogen and oxygen atoms in total. The lowest BCUT2D eigenvalue weighted by Crippen LogP contribution is -2.06. The first-order chi connectivity index (χ1) is 10.6. The Morgan fingerprint density at radius 1 is 1.13 bits per heavy atom. The molecular formula is C15H12Cl2O5S. The second kappa shape index (κ2) is 6.39. The third-order valence-corrected chi connectivity index (χ3v) is 4.68. The summed E-state index contributed by atoms with van der Waals surface area (Å²) in [5.74, 6) is -1.01. The molecule has 2 aromatic rings. The first-order valence-corrected chi connectivity index (χ1v) is 8.95.